The maximum Gasteiger partial charge on any atom is 0.251 e. The standard InChI is InChI=1S/C22H26FN3O3/c1-3-12-28-20-9-8-16(14-21(20)29-13-4-2)22(27)26-11-10-25-19-7-5-6-18(23)17(19)15-24/h5-9,14,25H,3-4,10-13H2,1-2H3,(H,26,27). The molecule has 0 aliphatic carbocycles. The summed E-state index contributed by atoms with van der Waals surface area (Å²) in [5.74, 6) is 0.333. The smallest absolute Gasteiger partial charge is 0.251 e. The van der Waals surface area contributed by atoms with Crippen LogP contribution in [0.3, 0.4) is 0 Å². The first-order chi connectivity index (χ1) is 14.1. The fourth-order valence-electron chi connectivity index (χ4n) is 2.57. The van der Waals surface area contributed by atoms with E-state index in [1.54, 1.807) is 24.3 Å². The van der Waals surface area contributed by atoms with Crippen LogP contribution in [0.2, 0.25) is 0 Å². The molecule has 1 amide bonds. The van der Waals surface area contributed by atoms with Gasteiger partial charge >= 0.3 is 0 Å². The fourth-order valence-corrected chi connectivity index (χ4v) is 2.57. The lowest BCUT2D eigenvalue weighted by Crippen LogP contribution is -2.29. The maximum atomic E-state index is 13.6. The number of carbonyl (C=O) groups is 1. The number of hydrogen-bond acceptors (Lipinski definition) is 5. The van der Waals surface area contributed by atoms with Gasteiger partial charge in [-0.1, -0.05) is 19.9 Å². The zero-order chi connectivity index (χ0) is 21.1. The molecule has 2 rings (SSSR count). The molecule has 6 nitrogen and oxygen atoms in total. The number of nitrogens with zero attached hydrogens (tertiary/aromatic N) is 1. The van der Waals surface area contributed by atoms with Crippen molar-refractivity contribution >= 4 is 11.6 Å². The third kappa shape index (κ3) is 6.39. The highest BCUT2D eigenvalue weighted by Crippen LogP contribution is 2.29. The number of rotatable bonds is 11. The average Bonchev–Trinajstić information content (AvgIpc) is 2.74. The van der Waals surface area contributed by atoms with E-state index in [0.29, 0.717) is 49.1 Å². The molecule has 2 aromatic carbocycles. The third-order valence-electron chi connectivity index (χ3n) is 3.98. The van der Waals surface area contributed by atoms with Crippen LogP contribution in [-0.2, 0) is 0 Å². The first-order valence-electron chi connectivity index (χ1n) is 9.71. The van der Waals surface area contributed by atoms with E-state index in [0.717, 1.165) is 12.8 Å². The second kappa shape index (κ2) is 11.5. The molecule has 154 valence electrons. The van der Waals surface area contributed by atoms with Crippen LogP contribution in [0.15, 0.2) is 36.4 Å². The molecule has 0 saturated heterocycles. The Hall–Kier alpha value is -3.27. The van der Waals surface area contributed by atoms with Crippen molar-refractivity contribution in [1.82, 2.24) is 5.32 Å². The summed E-state index contributed by atoms with van der Waals surface area (Å²) in [7, 11) is 0. The Morgan fingerprint density at radius 2 is 1.79 bits per heavy atom. The molecule has 29 heavy (non-hydrogen) atoms. The van der Waals surface area contributed by atoms with Crippen LogP contribution in [0, 0.1) is 17.1 Å². The normalized spacial score (nSPS) is 10.1. The topological polar surface area (TPSA) is 83.4 Å². The number of nitrogens with one attached hydrogen (secondary N) is 2. The number of ether oxygens (including phenoxy) is 2. The molecule has 7 heteroatoms. The van der Waals surface area contributed by atoms with Crippen molar-refractivity contribution in [3.8, 4) is 17.6 Å². The molecular weight excluding hydrogens is 373 g/mol. The lowest BCUT2D eigenvalue weighted by atomic mass is 10.2. The zero-order valence-corrected chi connectivity index (χ0v) is 16.8. The lowest BCUT2D eigenvalue weighted by molar-refractivity contribution is 0.0954. The molecule has 0 heterocycles. The Morgan fingerprint density at radius 1 is 1.07 bits per heavy atom. The summed E-state index contributed by atoms with van der Waals surface area (Å²) in [6.45, 7) is 5.79. The van der Waals surface area contributed by atoms with Crippen LogP contribution in [0.5, 0.6) is 11.5 Å². The van der Waals surface area contributed by atoms with Crippen LogP contribution in [-0.4, -0.2) is 32.2 Å². The Balaban J connectivity index is 1.94. The van der Waals surface area contributed by atoms with Crippen LogP contribution in [0.4, 0.5) is 10.1 Å². The van der Waals surface area contributed by atoms with Gasteiger partial charge in [0, 0.05) is 18.7 Å². The number of benzene rings is 2. The van der Waals surface area contributed by atoms with Crippen LogP contribution < -0.4 is 20.1 Å². The predicted molar refractivity (Wildman–Crippen MR) is 110 cm³/mol. The van der Waals surface area contributed by atoms with E-state index in [-0.39, 0.29) is 11.5 Å². The van der Waals surface area contributed by atoms with Gasteiger partial charge in [-0.05, 0) is 43.2 Å². The van der Waals surface area contributed by atoms with Crippen molar-refractivity contribution in [2.24, 2.45) is 0 Å². The first-order valence-corrected chi connectivity index (χ1v) is 9.71. The predicted octanol–water partition coefficient (Wildman–Crippen LogP) is 4.12. The summed E-state index contributed by atoms with van der Waals surface area (Å²) in [5, 5.41) is 14.8. The number of carbonyl (C=O) groups excluding carboxylic acids is 1. The average molecular weight is 399 g/mol. The minimum Gasteiger partial charge on any atom is -0.490 e. The van der Waals surface area contributed by atoms with E-state index in [2.05, 4.69) is 10.6 Å². The van der Waals surface area contributed by atoms with E-state index in [1.165, 1.54) is 12.1 Å². The van der Waals surface area contributed by atoms with Crippen molar-refractivity contribution in [2.45, 2.75) is 26.7 Å². The molecule has 2 aromatic rings. The van der Waals surface area contributed by atoms with Gasteiger partial charge in [-0.15, -0.1) is 0 Å². The van der Waals surface area contributed by atoms with Gasteiger partial charge in [0.25, 0.3) is 5.91 Å². The van der Waals surface area contributed by atoms with E-state index in [1.807, 2.05) is 19.9 Å². The van der Waals surface area contributed by atoms with E-state index >= 15 is 0 Å². The molecule has 0 saturated carbocycles. The second-order valence-corrected chi connectivity index (χ2v) is 6.32. The van der Waals surface area contributed by atoms with Gasteiger partial charge in [-0.2, -0.15) is 5.26 Å². The molecule has 0 radical (unpaired) electrons. The highest BCUT2D eigenvalue weighted by Gasteiger charge is 2.12. The summed E-state index contributed by atoms with van der Waals surface area (Å²) in [4.78, 5) is 12.4. The maximum absolute atomic E-state index is 13.6. The number of nitriles is 1. The second-order valence-electron chi connectivity index (χ2n) is 6.32. The summed E-state index contributed by atoms with van der Waals surface area (Å²) in [6, 6.07) is 11.3. The van der Waals surface area contributed by atoms with Crippen molar-refractivity contribution in [2.75, 3.05) is 31.6 Å². The molecule has 0 spiro atoms. The minimum atomic E-state index is -0.577. The highest BCUT2D eigenvalue weighted by atomic mass is 19.1. The van der Waals surface area contributed by atoms with Crippen LogP contribution in [0.25, 0.3) is 0 Å². The molecule has 2 N–H and O–H groups in total. The van der Waals surface area contributed by atoms with Gasteiger partial charge in [0.05, 0.1) is 18.9 Å². The van der Waals surface area contributed by atoms with Crippen molar-refractivity contribution in [3.63, 3.8) is 0 Å². The zero-order valence-electron chi connectivity index (χ0n) is 16.8. The lowest BCUT2D eigenvalue weighted by Gasteiger charge is -2.14. The molecule has 0 atom stereocenters. The van der Waals surface area contributed by atoms with Gasteiger partial charge in [-0.3, -0.25) is 4.79 Å². The van der Waals surface area contributed by atoms with Gasteiger partial charge in [0.2, 0.25) is 0 Å². The summed E-state index contributed by atoms with van der Waals surface area (Å²) in [5.41, 5.74) is 0.817. The van der Waals surface area contributed by atoms with Crippen molar-refractivity contribution < 1.29 is 18.7 Å². The first kappa shape index (κ1) is 22.0. The number of halogens is 1. The summed E-state index contributed by atoms with van der Waals surface area (Å²) < 4.78 is 25.0. The highest BCUT2D eigenvalue weighted by molar-refractivity contribution is 5.94. The molecule has 0 unspecified atom stereocenters. The molecule has 0 fully saturated rings. The monoisotopic (exact) mass is 399 g/mol. The van der Waals surface area contributed by atoms with E-state index in [9.17, 15) is 9.18 Å². The Kier molecular flexibility index (Phi) is 8.77. The van der Waals surface area contributed by atoms with Gasteiger partial charge in [0.15, 0.2) is 11.5 Å². The SMILES string of the molecule is CCCOc1ccc(C(=O)NCCNc2cccc(F)c2C#N)cc1OCCC. The summed E-state index contributed by atoms with van der Waals surface area (Å²) in [6.07, 6.45) is 1.72. The molecule has 0 aromatic heterocycles. The number of hydrogen-bond donors (Lipinski definition) is 2. The summed E-state index contributed by atoms with van der Waals surface area (Å²) >= 11 is 0. The van der Waals surface area contributed by atoms with Crippen molar-refractivity contribution in [1.29, 1.82) is 5.26 Å². The van der Waals surface area contributed by atoms with Gasteiger partial charge in [0.1, 0.15) is 17.4 Å². The van der Waals surface area contributed by atoms with Crippen LogP contribution >= 0.6 is 0 Å². The van der Waals surface area contributed by atoms with Gasteiger partial charge in [-0.25, -0.2) is 4.39 Å². The Bertz CT molecular complexity index is 865. The van der Waals surface area contributed by atoms with Crippen molar-refractivity contribution in [3.05, 3.63) is 53.3 Å². The third-order valence-corrected chi connectivity index (χ3v) is 3.98. The molecule has 0 aliphatic heterocycles. The molecule has 0 aliphatic rings. The van der Waals surface area contributed by atoms with Gasteiger partial charge < -0.3 is 20.1 Å². The van der Waals surface area contributed by atoms with E-state index < -0.39 is 5.82 Å². The number of amides is 1. The Labute approximate surface area is 170 Å². The number of anilines is 1. The largest absolute Gasteiger partial charge is 0.490 e. The fraction of sp³-hybridized carbons (Fsp3) is 0.364. The minimum absolute atomic E-state index is 0.0424. The molecular formula is C22H26FN3O3. The quantitative estimate of drug-likeness (QED) is 0.556. The van der Waals surface area contributed by atoms with E-state index in [4.69, 9.17) is 14.7 Å². The Morgan fingerprint density at radius 3 is 2.48 bits per heavy atom. The van der Waals surface area contributed by atoms with Crippen LogP contribution in [0.1, 0.15) is 42.6 Å². The molecule has 0 bridgehead atoms.